The highest BCUT2D eigenvalue weighted by atomic mass is 32.2. The van der Waals surface area contributed by atoms with E-state index >= 15 is 0 Å². The van der Waals surface area contributed by atoms with Gasteiger partial charge in [-0.05, 0) is 26.0 Å². The third kappa shape index (κ3) is 4.93. The summed E-state index contributed by atoms with van der Waals surface area (Å²) in [6.07, 6.45) is 2.57. The average molecular weight is 312 g/mol. The third-order valence-corrected chi connectivity index (χ3v) is 4.11. The van der Waals surface area contributed by atoms with Crippen molar-refractivity contribution in [1.82, 2.24) is 10.3 Å². The molecular formula is C14H20N2O4S. The van der Waals surface area contributed by atoms with Crippen molar-refractivity contribution in [2.24, 2.45) is 0 Å². The highest BCUT2D eigenvalue weighted by Crippen LogP contribution is 2.26. The fourth-order valence-corrected chi connectivity index (χ4v) is 2.98. The Hall–Kier alpha value is -1.76. The van der Waals surface area contributed by atoms with E-state index in [1.165, 1.54) is 0 Å². The maximum atomic E-state index is 10.9. The number of ether oxygens (including phenoxy) is 1. The van der Waals surface area contributed by atoms with Crippen LogP contribution >= 0.6 is 11.8 Å². The van der Waals surface area contributed by atoms with Gasteiger partial charge >= 0.3 is 5.97 Å². The summed E-state index contributed by atoms with van der Waals surface area (Å²) in [4.78, 5) is 25.6. The number of pyridine rings is 1. The van der Waals surface area contributed by atoms with Gasteiger partial charge in [-0.2, -0.15) is 11.8 Å². The summed E-state index contributed by atoms with van der Waals surface area (Å²) in [7, 11) is 1.63. The van der Waals surface area contributed by atoms with Crippen molar-refractivity contribution in [3.63, 3.8) is 0 Å². The van der Waals surface area contributed by atoms with Gasteiger partial charge in [0.05, 0.1) is 12.8 Å². The number of hydrogen-bond donors (Lipinski definition) is 2. The van der Waals surface area contributed by atoms with Crippen molar-refractivity contribution in [3.8, 4) is 5.75 Å². The molecule has 21 heavy (non-hydrogen) atoms. The average Bonchev–Trinajstić information content (AvgIpc) is 2.44. The van der Waals surface area contributed by atoms with Crippen molar-refractivity contribution < 1.29 is 19.4 Å². The molecule has 1 amide bonds. The van der Waals surface area contributed by atoms with Crippen LogP contribution in [0.3, 0.4) is 0 Å². The smallest absolute Gasteiger partial charge is 0.326 e. The van der Waals surface area contributed by atoms with E-state index in [1.54, 1.807) is 25.1 Å². The Labute approximate surface area is 128 Å². The Morgan fingerprint density at radius 2 is 2.29 bits per heavy atom. The number of carbonyl (C=O) groups excluding carboxylic acids is 1. The molecule has 1 atom stereocenters. The number of hydrogen-bond acceptors (Lipinski definition) is 5. The van der Waals surface area contributed by atoms with Crippen LogP contribution in [0.25, 0.3) is 0 Å². The van der Waals surface area contributed by atoms with Crippen LogP contribution in [0, 0.1) is 13.8 Å². The van der Waals surface area contributed by atoms with E-state index in [9.17, 15) is 9.59 Å². The van der Waals surface area contributed by atoms with Gasteiger partial charge in [0.25, 0.3) is 0 Å². The van der Waals surface area contributed by atoms with Crippen molar-refractivity contribution >= 4 is 24.1 Å². The molecule has 0 aromatic carbocycles. The summed E-state index contributed by atoms with van der Waals surface area (Å²) in [5.74, 6) is 1.12. The zero-order valence-electron chi connectivity index (χ0n) is 12.4. The number of aryl methyl sites for hydroxylation is 1. The summed E-state index contributed by atoms with van der Waals surface area (Å²) in [5.41, 5.74) is 2.92. The minimum Gasteiger partial charge on any atom is -0.496 e. The number of nitrogens with one attached hydrogen (secondary N) is 1. The Kier molecular flexibility index (Phi) is 7.01. The van der Waals surface area contributed by atoms with Gasteiger partial charge in [-0.1, -0.05) is 0 Å². The highest BCUT2D eigenvalue weighted by molar-refractivity contribution is 7.98. The standard InChI is InChI=1S/C14H20N2O4S/c1-9-6-15-12(10(2)13(9)20-3)7-21-5-4-11(14(18)19)16-8-17/h6,8,11H,4-5,7H2,1-3H3,(H,16,17)(H,18,19). The molecule has 0 spiro atoms. The first kappa shape index (κ1) is 17.3. The van der Waals surface area contributed by atoms with Crippen molar-refractivity contribution in [2.75, 3.05) is 12.9 Å². The molecule has 2 N–H and O–H groups in total. The Morgan fingerprint density at radius 3 is 2.86 bits per heavy atom. The van der Waals surface area contributed by atoms with E-state index in [-0.39, 0.29) is 0 Å². The van der Waals surface area contributed by atoms with Crippen LogP contribution in [0.2, 0.25) is 0 Å². The normalized spacial score (nSPS) is 11.8. The maximum absolute atomic E-state index is 10.9. The number of methoxy groups -OCH3 is 1. The number of carboxylic acid groups (broad SMARTS) is 1. The number of aromatic nitrogens is 1. The van der Waals surface area contributed by atoms with Crippen LogP contribution in [0.15, 0.2) is 6.20 Å². The lowest BCUT2D eigenvalue weighted by atomic mass is 10.1. The number of rotatable bonds is 9. The molecule has 1 rings (SSSR count). The minimum absolute atomic E-state index is 0.376. The van der Waals surface area contributed by atoms with Crippen molar-refractivity contribution in [1.29, 1.82) is 0 Å². The summed E-state index contributed by atoms with van der Waals surface area (Å²) >= 11 is 1.58. The minimum atomic E-state index is -1.02. The molecule has 0 aliphatic rings. The number of carboxylic acids is 1. The van der Waals surface area contributed by atoms with E-state index in [2.05, 4.69) is 10.3 Å². The van der Waals surface area contributed by atoms with Gasteiger partial charge in [0, 0.05) is 23.1 Å². The van der Waals surface area contributed by atoms with Crippen molar-refractivity contribution in [3.05, 3.63) is 23.0 Å². The molecule has 0 saturated heterocycles. The summed E-state index contributed by atoms with van der Waals surface area (Å²) in [6.45, 7) is 3.90. The Bertz CT molecular complexity index is 508. The summed E-state index contributed by atoms with van der Waals surface area (Å²) < 4.78 is 5.35. The first-order valence-electron chi connectivity index (χ1n) is 6.50. The summed E-state index contributed by atoms with van der Waals surface area (Å²) in [5, 5.41) is 11.2. The first-order valence-corrected chi connectivity index (χ1v) is 7.66. The topological polar surface area (TPSA) is 88.5 Å². The molecule has 1 aromatic rings. The zero-order valence-corrected chi connectivity index (χ0v) is 13.2. The molecular weight excluding hydrogens is 292 g/mol. The SMILES string of the molecule is COc1c(C)cnc(CSCCC(NC=O)C(=O)O)c1C. The van der Waals surface area contributed by atoms with Crippen LogP contribution in [0.5, 0.6) is 5.75 Å². The lowest BCUT2D eigenvalue weighted by molar-refractivity contribution is -0.140. The second-order valence-corrected chi connectivity index (χ2v) is 5.67. The molecule has 0 bridgehead atoms. The van der Waals surface area contributed by atoms with Gasteiger partial charge in [0.2, 0.25) is 6.41 Å². The van der Waals surface area contributed by atoms with Gasteiger partial charge in [-0.25, -0.2) is 4.79 Å². The number of nitrogens with zero attached hydrogens (tertiary/aromatic N) is 1. The highest BCUT2D eigenvalue weighted by Gasteiger charge is 2.16. The lowest BCUT2D eigenvalue weighted by Gasteiger charge is -2.13. The van der Waals surface area contributed by atoms with Crippen molar-refractivity contribution in [2.45, 2.75) is 32.1 Å². The quantitative estimate of drug-likeness (QED) is 0.531. The Balaban J connectivity index is 2.53. The molecule has 1 heterocycles. The van der Waals surface area contributed by atoms with Crippen LogP contribution in [0.4, 0.5) is 0 Å². The molecule has 0 fully saturated rings. The van der Waals surface area contributed by atoms with E-state index in [1.807, 2.05) is 13.8 Å². The molecule has 1 unspecified atom stereocenters. The maximum Gasteiger partial charge on any atom is 0.326 e. The number of amides is 1. The van der Waals surface area contributed by atoms with Crippen LogP contribution in [-0.2, 0) is 15.3 Å². The predicted octanol–water partition coefficient (Wildman–Crippen LogP) is 1.53. The van der Waals surface area contributed by atoms with E-state index in [0.29, 0.717) is 24.3 Å². The second kappa shape index (κ2) is 8.51. The van der Waals surface area contributed by atoms with Gasteiger partial charge in [0.15, 0.2) is 0 Å². The zero-order chi connectivity index (χ0) is 15.8. The van der Waals surface area contributed by atoms with E-state index in [4.69, 9.17) is 9.84 Å². The fourth-order valence-electron chi connectivity index (χ4n) is 1.95. The van der Waals surface area contributed by atoms with E-state index < -0.39 is 12.0 Å². The van der Waals surface area contributed by atoms with Gasteiger partial charge in [-0.15, -0.1) is 0 Å². The van der Waals surface area contributed by atoms with Gasteiger partial charge in [0.1, 0.15) is 11.8 Å². The molecule has 116 valence electrons. The van der Waals surface area contributed by atoms with Gasteiger partial charge in [-0.3, -0.25) is 9.78 Å². The second-order valence-electron chi connectivity index (χ2n) is 4.56. The monoisotopic (exact) mass is 312 g/mol. The number of aliphatic carboxylic acids is 1. The van der Waals surface area contributed by atoms with Crippen LogP contribution < -0.4 is 10.1 Å². The Morgan fingerprint density at radius 1 is 1.57 bits per heavy atom. The molecule has 0 saturated carbocycles. The molecule has 0 radical (unpaired) electrons. The molecule has 0 aliphatic carbocycles. The summed E-state index contributed by atoms with van der Waals surface area (Å²) in [6, 6.07) is -0.836. The molecule has 6 nitrogen and oxygen atoms in total. The predicted molar refractivity (Wildman–Crippen MR) is 81.7 cm³/mol. The van der Waals surface area contributed by atoms with E-state index in [0.717, 1.165) is 22.6 Å². The van der Waals surface area contributed by atoms with Gasteiger partial charge < -0.3 is 15.2 Å². The largest absolute Gasteiger partial charge is 0.496 e. The van der Waals surface area contributed by atoms with Crippen LogP contribution in [0.1, 0.15) is 23.2 Å². The third-order valence-electron chi connectivity index (χ3n) is 3.11. The lowest BCUT2D eigenvalue weighted by Crippen LogP contribution is -2.36. The molecule has 0 aliphatic heterocycles. The number of thioether (sulfide) groups is 1. The number of carbonyl (C=O) groups is 2. The molecule has 7 heteroatoms. The van der Waals surface area contributed by atoms with Crippen LogP contribution in [-0.4, -0.2) is 41.4 Å². The first-order chi connectivity index (χ1) is 10.0. The fraction of sp³-hybridized carbons (Fsp3) is 0.500. The molecule has 1 aromatic heterocycles.